The van der Waals surface area contributed by atoms with E-state index in [2.05, 4.69) is 6.92 Å². The number of hydrogen-bond donors (Lipinski definition) is 0. The molecule has 8 nitrogen and oxygen atoms in total. The highest BCUT2D eigenvalue weighted by molar-refractivity contribution is 6.10. The van der Waals surface area contributed by atoms with Crippen LogP contribution in [0, 0.1) is 0 Å². The first kappa shape index (κ1) is 26.0. The van der Waals surface area contributed by atoms with Crippen LogP contribution >= 0.6 is 0 Å². The Hall–Kier alpha value is -4.59. The van der Waals surface area contributed by atoms with Crippen LogP contribution in [-0.4, -0.2) is 32.2 Å². The van der Waals surface area contributed by atoms with E-state index in [1.54, 1.807) is 74.7 Å². The van der Waals surface area contributed by atoms with Crippen molar-refractivity contribution in [3.63, 3.8) is 0 Å². The number of carbonyl (C=O) groups is 2. The number of benzene rings is 3. The lowest BCUT2D eigenvalue weighted by molar-refractivity contribution is 0.0526. The van der Waals surface area contributed by atoms with E-state index in [4.69, 9.17) is 18.6 Å². The van der Waals surface area contributed by atoms with Gasteiger partial charge in [-0.15, -0.1) is 0 Å². The van der Waals surface area contributed by atoms with Gasteiger partial charge in [0, 0.05) is 5.69 Å². The average Bonchev–Trinajstić information content (AvgIpc) is 3.25. The summed E-state index contributed by atoms with van der Waals surface area (Å²) in [5, 5.41) is 0.389. The number of amides is 1. The van der Waals surface area contributed by atoms with Crippen molar-refractivity contribution in [2.24, 2.45) is 0 Å². The molecule has 0 N–H and O–H groups in total. The van der Waals surface area contributed by atoms with E-state index in [-0.39, 0.29) is 23.4 Å². The van der Waals surface area contributed by atoms with Gasteiger partial charge in [0.2, 0.25) is 5.76 Å². The highest BCUT2D eigenvalue weighted by Crippen LogP contribution is 2.43. The van der Waals surface area contributed by atoms with Crippen LogP contribution in [-0.2, 0) is 4.74 Å². The molecule has 8 heteroatoms. The highest BCUT2D eigenvalue weighted by atomic mass is 16.5. The molecule has 0 radical (unpaired) electrons. The number of rotatable bonds is 9. The lowest BCUT2D eigenvalue weighted by atomic mass is 9.97. The van der Waals surface area contributed by atoms with Crippen molar-refractivity contribution in [3.8, 4) is 11.5 Å². The molecule has 5 rings (SSSR count). The van der Waals surface area contributed by atoms with Crippen molar-refractivity contribution in [1.29, 1.82) is 0 Å². The number of esters is 1. The fourth-order valence-corrected chi connectivity index (χ4v) is 4.77. The summed E-state index contributed by atoms with van der Waals surface area (Å²) in [5.74, 6) is 0.148. The standard InChI is InChI=1S/C31H29NO7/c1-4-6-17-38-24-16-13-20(18-25(24)36-3)27-26-28(33)22-9-7-8-10-23(22)39-29(26)30(34)32(27)21-14-11-19(12-15-21)31(35)37-5-2/h7-16,18,27H,4-6,17H2,1-3H3. The van der Waals surface area contributed by atoms with Crippen LogP contribution in [0.3, 0.4) is 0 Å². The largest absolute Gasteiger partial charge is 0.493 e. The molecule has 1 atom stereocenters. The molecule has 0 saturated heterocycles. The Morgan fingerprint density at radius 2 is 1.74 bits per heavy atom. The van der Waals surface area contributed by atoms with Crippen LogP contribution in [0.5, 0.6) is 11.5 Å². The molecule has 4 aromatic rings. The molecule has 1 aliphatic heterocycles. The Labute approximate surface area is 225 Å². The second-order valence-corrected chi connectivity index (χ2v) is 9.13. The monoisotopic (exact) mass is 527 g/mol. The number of methoxy groups -OCH3 is 1. The summed E-state index contributed by atoms with van der Waals surface area (Å²) in [7, 11) is 1.55. The summed E-state index contributed by atoms with van der Waals surface area (Å²) in [6.07, 6.45) is 1.90. The van der Waals surface area contributed by atoms with Crippen molar-refractivity contribution < 1.29 is 28.2 Å². The molecule has 0 fully saturated rings. The fourth-order valence-electron chi connectivity index (χ4n) is 4.77. The van der Waals surface area contributed by atoms with Crippen LogP contribution in [0.15, 0.2) is 75.9 Å². The van der Waals surface area contributed by atoms with E-state index in [0.717, 1.165) is 12.8 Å². The van der Waals surface area contributed by atoms with Crippen LogP contribution in [0.1, 0.15) is 64.8 Å². The topological polar surface area (TPSA) is 95.3 Å². The predicted octanol–water partition coefficient (Wildman–Crippen LogP) is 5.91. The summed E-state index contributed by atoms with van der Waals surface area (Å²) < 4.78 is 22.6. The van der Waals surface area contributed by atoms with Gasteiger partial charge in [0.1, 0.15) is 5.58 Å². The zero-order chi connectivity index (χ0) is 27.5. The number of unbranched alkanes of at least 4 members (excludes halogenated alkanes) is 1. The number of nitrogens with zero attached hydrogens (tertiary/aromatic N) is 1. The van der Waals surface area contributed by atoms with Crippen molar-refractivity contribution in [2.75, 3.05) is 25.2 Å². The number of fused-ring (bicyclic) bond motifs is 2. The third-order valence-electron chi connectivity index (χ3n) is 6.69. The highest BCUT2D eigenvalue weighted by Gasteiger charge is 2.44. The average molecular weight is 528 g/mol. The van der Waals surface area contributed by atoms with Crippen molar-refractivity contribution >= 4 is 28.5 Å². The second kappa shape index (κ2) is 11.0. The molecule has 0 saturated carbocycles. The third-order valence-corrected chi connectivity index (χ3v) is 6.69. The first-order valence-electron chi connectivity index (χ1n) is 13.0. The van der Waals surface area contributed by atoms with Gasteiger partial charge in [-0.1, -0.05) is 31.5 Å². The minimum absolute atomic E-state index is 0.0135. The first-order chi connectivity index (χ1) is 19.0. The molecule has 2 heterocycles. The third kappa shape index (κ3) is 4.74. The van der Waals surface area contributed by atoms with Crippen LogP contribution in [0.4, 0.5) is 5.69 Å². The molecule has 0 bridgehead atoms. The van der Waals surface area contributed by atoms with E-state index < -0.39 is 17.9 Å². The normalized spacial score (nSPS) is 14.4. The molecule has 0 aliphatic carbocycles. The van der Waals surface area contributed by atoms with Gasteiger partial charge in [-0.25, -0.2) is 4.79 Å². The van der Waals surface area contributed by atoms with Gasteiger partial charge in [-0.3, -0.25) is 14.5 Å². The minimum Gasteiger partial charge on any atom is -0.493 e. The van der Waals surface area contributed by atoms with Crippen molar-refractivity contribution in [2.45, 2.75) is 32.7 Å². The number of para-hydroxylation sites is 1. The minimum atomic E-state index is -0.791. The number of carbonyl (C=O) groups excluding carboxylic acids is 2. The SMILES string of the molecule is CCCCOc1ccc(C2c3c(oc4ccccc4c3=O)C(=O)N2c2ccc(C(=O)OCC)cc2)cc1OC. The first-order valence-corrected chi connectivity index (χ1v) is 13.0. The number of ether oxygens (including phenoxy) is 3. The van der Waals surface area contributed by atoms with E-state index >= 15 is 0 Å². The predicted molar refractivity (Wildman–Crippen MR) is 147 cm³/mol. The maximum absolute atomic E-state index is 13.8. The maximum Gasteiger partial charge on any atom is 0.338 e. The summed E-state index contributed by atoms with van der Waals surface area (Å²) in [5.41, 5.74) is 1.81. The van der Waals surface area contributed by atoms with Crippen LogP contribution < -0.4 is 19.8 Å². The van der Waals surface area contributed by atoms with Crippen molar-refractivity contribution in [1.82, 2.24) is 0 Å². The fraction of sp³-hybridized carbons (Fsp3) is 0.258. The van der Waals surface area contributed by atoms with Gasteiger partial charge in [-0.05, 0) is 67.4 Å². The van der Waals surface area contributed by atoms with E-state index in [9.17, 15) is 14.4 Å². The molecule has 200 valence electrons. The van der Waals surface area contributed by atoms with Gasteiger partial charge < -0.3 is 18.6 Å². The van der Waals surface area contributed by atoms with Crippen LogP contribution in [0.25, 0.3) is 11.0 Å². The molecule has 1 aromatic heterocycles. The van der Waals surface area contributed by atoms with Gasteiger partial charge in [-0.2, -0.15) is 0 Å². The maximum atomic E-state index is 13.8. The molecule has 3 aromatic carbocycles. The lowest BCUT2D eigenvalue weighted by Gasteiger charge is -2.26. The van der Waals surface area contributed by atoms with Gasteiger partial charge in [0.25, 0.3) is 5.91 Å². The van der Waals surface area contributed by atoms with E-state index in [0.29, 0.717) is 45.9 Å². The summed E-state index contributed by atoms with van der Waals surface area (Å²) in [6.45, 7) is 4.62. The lowest BCUT2D eigenvalue weighted by Crippen LogP contribution is -2.29. The van der Waals surface area contributed by atoms with Gasteiger partial charge in [0.15, 0.2) is 16.9 Å². The smallest absolute Gasteiger partial charge is 0.338 e. The summed E-state index contributed by atoms with van der Waals surface area (Å²) in [4.78, 5) is 41.3. The Balaban J connectivity index is 1.65. The molecule has 1 aliphatic rings. The quantitative estimate of drug-likeness (QED) is 0.197. The molecular formula is C31H29NO7. The van der Waals surface area contributed by atoms with Gasteiger partial charge in [0.05, 0.1) is 42.9 Å². The van der Waals surface area contributed by atoms with Crippen molar-refractivity contribution in [3.05, 3.63) is 99.4 Å². The molecule has 0 spiro atoms. The van der Waals surface area contributed by atoms with E-state index in [1.807, 2.05) is 6.07 Å². The zero-order valence-electron chi connectivity index (χ0n) is 22.1. The van der Waals surface area contributed by atoms with Crippen LogP contribution in [0.2, 0.25) is 0 Å². The molecule has 1 unspecified atom stereocenters. The number of hydrogen-bond acceptors (Lipinski definition) is 7. The van der Waals surface area contributed by atoms with Gasteiger partial charge >= 0.3 is 5.97 Å². The number of anilines is 1. The molecule has 39 heavy (non-hydrogen) atoms. The second-order valence-electron chi connectivity index (χ2n) is 9.13. The Bertz CT molecular complexity index is 1590. The van der Waals surface area contributed by atoms with E-state index in [1.165, 1.54) is 4.90 Å². The molecular weight excluding hydrogens is 498 g/mol. The Kier molecular flexibility index (Phi) is 7.36. The summed E-state index contributed by atoms with van der Waals surface area (Å²) >= 11 is 0. The zero-order valence-corrected chi connectivity index (χ0v) is 22.1. The Morgan fingerprint density at radius 3 is 2.46 bits per heavy atom. The Morgan fingerprint density at radius 1 is 0.974 bits per heavy atom. The summed E-state index contributed by atoms with van der Waals surface area (Å²) in [6, 6.07) is 18.0. The molecule has 1 amide bonds.